The molecule has 0 radical (unpaired) electrons. The Balaban J connectivity index is 2.06. The molecule has 0 bridgehead atoms. The third kappa shape index (κ3) is 2.36. The minimum Gasteiger partial charge on any atom is -0.247 e. The van der Waals surface area contributed by atoms with Crippen molar-refractivity contribution in [2.24, 2.45) is 5.10 Å². The van der Waals surface area contributed by atoms with Crippen LogP contribution in [-0.2, 0) is 6.42 Å². The molecular formula is C10H10N2S. The zero-order chi connectivity index (χ0) is 8.93. The van der Waals surface area contributed by atoms with Gasteiger partial charge >= 0.3 is 0 Å². The molecular weight excluding hydrogens is 180 g/mol. The summed E-state index contributed by atoms with van der Waals surface area (Å²) in [7, 11) is 0. The van der Waals surface area contributed by atoms with Crippen molar-refractivity contribution in [1.82, 2.24) is 4.83 Å². The van der Waals surface area contributed by atoms with Gasteiger partial charge in [-0.15, -0.1) is 0 Å². The summed E-state index contributed by atoms with van der Waals surface area (Å²) < 4.78 is 0. The smallest absolute Gasteiger partial charge is 0.0662 e. The molecule has 66 valence electrons. The van der Waals surface area contributed by atoms with Gasteiger partial charge in [0.25, 0.3) is 0 Å². The van der Waals surface area contributed by atoms with Crippen LogP contribution in [0.3, 0.4) is 0 Å². The van der Waals surface area contributed by atoms with Gasteiger partial charge in [-0.05, 0) is 29.0 Å². The minimum atomic E-state index is 0.894. The molecule has 1 aromatic rings. The third-order valence-electron chi connectivity index (χ3n) is 1.80. The van der Waals surface area contributed by atoms with E-state index in [9.17, 15) is 0 Å². The van der Waals surface area contributed by atoms with Gasteiger partial charge in [0.05, 0.1) is 5.71 Å². The number of nitrogens with one attached hydrogen (secondary N) is 1. The van der Waals surface area contributed by atoms with Crippen molar-refractivity contribution in [3.8, 4) is 0 Å². The topological polar surface area (TPSA) is 24.4 Å². The highest BCUT2D eigenvalue weighted by molar-refractivity contribution is 8.00. The summed E-state index contributed by atoms with van der Waals surface area (Å²) in [5.74, 6) is 0. The average Bonchev–Trinajstić information content (AvgIpc) is 2.21. The maximum Gasteiger partial charge on any atom is 0.0662 e. The Morgan fingerprint density at radius 1 is 1.23 bits per heavy atom. The molecule has 1 aliphatic heterocycles. The van der Waals surface area contributed by atoms with Gasteiger partial charge in [0, 0.05) is 6.42 Å². The van der Waals surface area contributed by atoms with E-state index in [0.29, 0.717) is 0 Å². The molecule has 1 aliphatic rings. The van der Waals surface area contributed by atoms with Gasteiger partial charge in [-0.3, -0.25) is 0 Å². The Morgan fingerprint density at radius 2 is 2.08 bits per heavy atom. The van der Waals surface area contributed by atoms with Crippen molar-refractivity contribution in [3.63, 3.8) is 0 Å². The molecule has 0 aromatic heterocycles. The summed E-state index contributed by atoms with van der Waals surface area (Å²) in [6.07, 6.45) is 2.93. The van der Waals surface area contributed by atoms with Crippen LogP contribution in [0.5, 0.6) is 0 Å². The van der Waals surface area contributed by atoms with Crippen molar-refractivity contribution >= 4 is 17.7 Å². The van der Waals surface area contributed by atoms with Gasteiger partial charge < -0.3 is 0 Å². The van der Waals surface area contributed by atoms with Crippen molar-refractivity contribution in [1.29, 1.82) is 0 Å². The molecule has 0 amide bonds. The van der Waals surface area contributed by atoms with Crippen molar-refractivity contribution < 1.29 is 0 Å². The van der Waals surface area contributed by atoms with Gasteiger partial charge in [0.2, 0.25) is 0 Å². The number of allylic oxidation sites excluding steroid dienone is 1. The maximum absolute atomic E-state index is 4.17. The molecule has 3 heteroatoms. The lowest BCUT2D eigenvalue weighted by molar-refractivity contribution is 1.09. The first kappa shape index (κ1) is 8.38. The number of hydrogen-bond donors (Lipinski definition) is 1. The minimum absolute atomic E-state index is 0.894. The van der Waals surface area contributed by atoms with E-state index in [4.69, 9.17) is 0 Å². The predicted octanol–water partition coefficient (Wildman–Crippen LogP) is 2.35. The highest BCUT2D eigenvalue weighted by atomic mass is 32.2. The van der Waals surface area contributed by atoms with E-state index < -0.39 is 0 Å². The Kier molecular flexibility index (Phi) is 2.67. The Labute approximate surface area is 81.9 Å². The first-order chi connectivity index (χ1) is 6.45. The maximum atomic E-state index is 4.17. The van der Waals surface area contributed by atoms with E-state index in [2.05, 4.69) is 22.1 Å². The fraction of sp³-hybridized carbons (Fsp3) is 0.100. The lowest BCUT2D eigenvalue weighted by atomic mass is 10.1. The molecule has 13 heavy (non-hydrogen) atoms. The molecule has 0 aliphatic carbocycles. The number of rotatable bonds is 2. The Bertz CT molecular complexity index is 330. The highest BCUT2D eigenvalue weighted by Crippen LogP contribution is 2.07. The Hall–Kier alpha value is -1.22. The lowest BCUT2D eigenvalue weighted by Crippen LogP contribution is -2.07. The predicted molar refractivity (Wildman–Crippen MR) is 57.4 cm³/mol. The fourth-order valence-electron chi connectivity index (χ4n) is 1.17. The molecule has 1 aromatic carbocycles. The van der Waals surface area contributed by atoms with E-state index in [1.165, 1.54) is 17.5 Å². The van der Waals surface area contributed by atoms with Crippen molar-refractivity contribution in [2.45, 2.75) is 6.42 Å². The summed E-state index contributed by atoms with van der Waals surface area (Å²) in [5, 5.41) is 6.17. The largest absolute Gasteiger partial charge is 0.247 e. The third-order valence-corrected chi connectivity index (χ3v) is 2.27. The van der Waals surface area contributed by atoms with Crippen LogP contribution in [0.25, 0.3) is 0 Å². The van der Waals surface area contributed by atoms with E-state index in [1.807, 2.05) is 29.7 Å². The molecule has 0 saturated carbocycles. The lowest BCUT2D eigenvalue weighted by Gasteiger charge is -2.05. The second kappa shape index (κ2) is 4.14. The second-order valence-electron chi connectivity index (χ2n) is 2.78. The fourth-order valence-corrected chi connectivity index (χ4v) is 1.62. The SMILES string of the molecule is C1=CC(Cc2ccccc2)=NNS1. The Morgan fingerprint density at radius 3 is 2.77 bits per heavy atom. The summed E-state index contributed by atoms with van der Waals surface area (Å²) in [6.45, 7) is 0. The summed E-state index contributed by atoms with van der Waals surface area (Å²) in [5.41, 5.74) is 2.37. The van der Waals surface area contributed by atoms with Crippen LogP contribution < -0.4 is 4.83 Å². The first-order valence-electron chi connectivity index (χ1n) is 4.13. The molecule has 0 saturated heterocycles. The first-order valence-corrected chi connectivity index (χ1v) is 5.01. The van der Waals surface area contributed by atoms with Gasteiger partial charge in [-0.1, -0.05) is 30.3 Å². The van der Waals surface area contributed by atoms with E-state index in [0.717, 1.165) is 12.1 Å². The van der Waals surface area contributed by atoms with Crippen LogP contribution in [-0.4, -0.2) is 5.71 Å². The molecule has 2 nitrogen and oxygen atoms in total. The van der Waals surface area contributed by atoms with Gasteiger partial charge in [-0.25, -0.2) is 4.83 Å². The quantitative estimate of drug-likeness (QED) is 0.724. The zero-order valence-electron chi connectivity index (χ0n) is 7.10. The molecule has 2 rings (SSSR count). The number of nitrogens with zero attached hydrogens (tertiary/aromatic N) is 1. The summed E-state index contributed by atoms with van der Waals surface area (Å²) in [6, 6.07) is 10.3. The number of hydrazone groups is 1. The molecule has 1 N–H and O–H groups in total. The normalized spacial score (nSPS) is 14.9. The average molecular weight is 190 g/mol. The standard InChI is InChI=1S/C10H10N2S/c1-2-4-9(5-3-1)8-10-6-7-13-12-11-10/h1-7,12H,8H2. The van der Waals surface area contributed by atoms with E-state index >= 15 is 0 Å². The second-order valence-corrected chi connectivity index (χ2v) is 3.47. The molecule has 0 spiro atoms. The van der Waals surface area contributed by atoms with E-state index in [1.54, 1.807) is 0 Å². The molecule has 0 atom stereocenters. The van der Waals surface area contributed by atoms with Crippen LogP contribution in [0.2, 0.25) is 0 Å². The van der Waals surface area contributed by atoms with Crippen LogP contribution >= 0.6 is 11.9 Å². The van der Waals surface area contributed by atoms with Crippen LogP contribution in [0, 0.1) is 0 Å². The number of hydrogen-bond acceptors (Lipinski definition) is 3. The monoisotopic (exact) mass is 190 g/mol. The number of benzene rings is 1. The van der Waals surface area contributed by atoms with Gasteiger partial charge in [0.15, 0.2) is 0 Å². The summed E-state index contributed by atoms with van der Waals surface area (Å²) >= 11 is 1.49. The molecule has 0 fully saturated rings. The van der Waals surface area contributed by atoms with Gasteiger partial charge in [-0.2, -0.15) is 5.10 Å². The highest BCUT2D eigenvalue weighted by Gasteiger charge is 2.00. The summed E-state index contributed by atoms with van der Waals surface area (Å²) in [4.78, 5) is 2.87. The van der Waals surface area contributed by atoms with Crippen LogP contribution in [0.15, 0.2) is 46.9 Å². The van der Waals surface area contributed by atoms with Crippen molar-refractivity contribution in [3.05, 3.63) is 47.4 Å². The van der Waals surface area contributed by atoms with Crippen LogP contribution in [0.4, 0.5) is 0 Å². The van der Waals surface area contributed by atoms with Crippen LogP contribution in [0.1, 0.15) is 5.56 Å². The molecule has 1 heterocycles. The molecule has 0 unspecified atom stereocenters. The zero-order valence-corrected chi connectivity index (χ0v) is 7.92. The van der Waals surface area contributed by atoms with E-state index in [-0.39, 0.29) is 0 Å². The van der Waals surface area contributed by atoms with Gasteiger partial charge in [0.1, 0.15) is 0 Å². The van der Waals surface area contributed by atoms with Crippen molar-refractivity contribution in [2.75, 3.05) is 0 Å².